The van der Waals surface area contributed by atoms with Crippen molar-refractivity contribution in [3.8, 4) is 6.07 Å². The average Bonchev–Trinajstić information content (AvgIpc) is 2.20. The molecule has 14 heavy (non-hydrogen) atoms. The van der Waals surface area contributed by atoms with Crippen LogP contribution in [-0.4, -0.2) is 0 Å². The lowest BCUT2D eigenvalue weighted by molar-refractivity contribution is 0.862. The third-order valence-electron chi connectivity index (χ3n) is 1.95. The summed E-state index contributed by atoms with van der Waals surface area (Å²) in [5, 5.41) is 8.84. The van der Waals surface area contributed by atoms with E-state index in [4.69, 9.17) is 5.26 Å². The number of nitriles is 1. The zero-order chi connectivity index (χ0) is 11.1. The van der Waals surface area contributed by atoms with Gasteiger partial charge in [0.15, 0.2) is 0 Å². The fourth-order valence-corrected chi connectivity index (χ4v) is 1.27. The highest BCUT2D eigenvalue weighted by Crippen LogP contribution is 2.19. The predicted molar refractivity (Wildman–Crippen MR) is 61.3 cm³/mol. The monoisotopic (exact) mass is 189 g/mol. The SMILES string of the molecule is CC.Cc1ccc(C(C)C)c(C#N)c1. The van der Waals surface area contributed by atoms with Gasteiger partial charge in [-0.25, -0.2) is 0 Å². The van der Waals surface area contributed by atoms with E-state index in [0.717, 1.165) is 16.7 Å². The molecule has 0 saturated heterocycles. The molecule has 1 rings (SSSR count). The summed E-state index contributed by atoms with van der Waals surface area (Å²) in [5.74, 6) is 0.431. The van der Waals surface area contributed by atoms with Crippen molar-refractivity contribution >= 4 is 0 Å². The summed E-state index contributed by atoms with van der Waals surface area (Å²) in [4.78, 5) is 0. The highest BCUT2D eigenvalue weighted by Gasteiger charge is 2.04. The van der Waals surface area contributed by atoms with Crippen LogP contribution in [0.25, 0.3) is 0 Å². The summed E-state index contributed by atoms with van der Waals surface area (Å²) in [6, 6.07) is 8.25. The second kappa shape index (κ2) is 6.21. The topological polar surface area (TPSA) is 23.8 Å². The highest BCUT2D eigenvalue weighted by molar-refractivity contribution is 5.41. The summed E-state index contributed by atoms with van der Waals surface area (Å²) < 4.78 is 0. The smallest absolute Gasteiger partial charge is 0.0994 e. The van der Waals surface area contributed by atoms with Gasteiger partial charge in [0, 0.05) is 0 Å². The van der Waals surface area contributed by atoms with Crippen LogP contribution in [0.15, 0.2) is 18.2 Å². The number of benzene rings is 1. The van der Waals surface area contributed by atoms with E-state index >= 15 is 0 Å². The van der Waals surface area contributed by atoms with Crippen LogP contribution in [0.4, 0.5) is 0 Å². The van der Waals surface area contributed by atoms with Crippen molar-refractivity contribution in [1.29, 1.82) is 5.26 Å². The molecule has 0 amide bonds. The molecule has 0 N–H and O–H groups in total. The van der Waals surface area contributed by atoms with Crippen molar-refractivity contribution in [2.45, 2.75) is 40.5 Å². The maximum atomic E-state index is 8.84. The van der Waals surface area contributed by atoms with Gasteiger partial charge in [-0.3, -0.25) is 0 Å². The van der Waals surface area contributed by atoms with Crippen LogP contribution < -0.4 is 0 Å². The van der Waals surface area contributed by atoms with E-state index in [9.17, 15) is 0 Å². The number of nitrogens with zero attached hydrogens (tertiary/aromatic N) is 1. The van der Waals surface area contributed by atoms with Gasteiger partial charge in [-0.05, 0) is 30.0 Å². The molecule has 0 aliphatic heterocycles. The Hall–Kier alpha value is -1.29. The van der Waals surface area contributed by atoms with Gasteiger partial charge < -0.3 is 0 Å². The zero-order valence-corrected chi connectivity index (χ0v) is 9.76. The van der Waals surface area contributed by atoms with Gasteiger partial charge in [-0.15, -0.1) is 0 Å². The van der Waals surface area contributed by atoms with Crippen LogP contribution in [0.5, 0.6) is 0 Å². The average molecular weight is 189 g/mol. The molecule has 1 aromatic rings. The Morgan fingerprint density at radius 2 is 1.79 bits per heavy atom. The molecule has 0 atom stereocenters. The van der Waals surface area contributed by atoms with Gasteiger partial charge in [0.05, 0.1) is 11.6 Å². The first-order valence-corrected chi connectivity index (χ1v) is 5.16. The first kappa shape index (κ1) is 12.7. The third kappa shape index (κ3) is 3.22. The van der Waals surface area contributed by atoms with Crippen LogP contribution in [0.2, 0.25) is 0 Å². The lowest BCUT2D eigenvalue weighted by Gasteiger charge is -2.07. The second-order valence-corrected chi connectivity index (χ2v) is 3.36. The van der Waals surface area contributed by atoms with Gasteiger partial charge in [-0.1, -0.05) is 39.8 Å². The van der Waals surface area contributed by atoms with Gasteiger partial charge in [-0.2, -0.15) is 5.26 Å². The number of hydrogen-bond acceptors (Lipinski definition) is 1. The normalized spacial score (nSPS) is 8.93. The highest BCUT2D eigenvalue weighted by atomic mass is 14.2. The van der Waals surface area contributed by atoms with Crippen molar-refractivity contribution in [3.63, 3.8) is 0 Å². The zero-order valence-electron chi connectivity index (χ0n) is 9.76. The summed E-state index contributed by atoms with van der Waals surface area (Å²) >= 11 is 0. The van der Waals surface area contributed by atoms with Crippen LogP contribution in [0.3, 0.4) is 0 Å². The Bertz CT molecular complexity index is 318. The summed E-state index contributed by atoms with van der Waals surface area (Å²) in [7, 11) is 0. The van der Waals surface area contributed by atoms with E-state index in [1.807, 2.05) is 32.9 Å². The minimum absolute atomic E-state index is 0.431. The first-order valence-electron chi connectivity index (χ1n) is 5.16. The van der Waals surface area contributed by atoms with Gasteiger partial charge in [0.1, 0.15) is 0 Å². The maximum Gasteiger partial charge on any atom is 0.0994 e. The minimum atomic E-state index is 0.431. The molecule has 1 heteroatoms. The van der Waals surface area contributed by atoms with Gasteiger partial charge >= 0.3 is 0 Å². The summed E-state index contributed by atoms with van der Waals surface area (Å²) in [6.45, 7) is 10.2. The van der Waals surface area contributed by atoms with Crippen LogP contribution in [-0.2, 0) is 0 Å². The lowest BCUT2D eigenvalue weighted by Crippen LogP contribution is -1.92. The fourth-order valence-electron chi connectivity index (χ4n) is 1.27. The van der Waals surface area contributed by atoms with E-state index in [1.54, 1.807) is 0 Å². The number of aryl methyl sites for hydroxylation is 1. The minimum Gasteiger partial charge on any atom is -0.192 e. The molecule has 0 unspecified atom stereocenters. The molecule has 0 aromatic heterocycles. The van der Waals surface area contributed by atoms with Crippen LogP contribution in [0, 0.1) is 18.3 Å². The lowest BCUT2D eigenvalue weighted by atomic mass is 9.96. The number of rotatable bonds is 1. The van der Waals surface area contributed by atoms with Crippen LogP contribution >= 0.6 is 0 Å². The Morgan fingerprint density at radius 3 is 2.21 bits per heavy atom. The van der Waals surface area contributed by atoms with Crippen molar-refractivity contribution in [2.75, 3.05) is 0 Å². The van der Waals surface area contributed by atoms with E-state index < -0.39 is 0 Å². The first-order chi connectivity index (χ1) is 6.65. The fraction of sp³-hybridized carbons (Fsp3) is 0.462. The molecule has 0 heterocycles. The van der Waals surface area contributed by atoms with E-state index in [-0.39, 0.29) is 0 Å². The van der Waals surface area contributed by atoms with E-state index in [0.29, 0.717) is 5.92 Å². The molecule has 0 aliphatic carbocycles. The molecule has 1 nitrogen and oxygen atoms in total. The predicted octanol–water partition coefficient (Wildman–Crippen LogP) is 4.02. The molecule has 0 radical (unpaired) electrons. The Balaban J connectivity index is 0.000000791. The molecule has 0 saturated carbocycles. The Labute approximate surface area is 87.4 Å². The molecule has 0 bridgehead atoms. The number of hydrogen-bond donors (Lipinski definition) is 0. The van der Waals surface area contributed by atoms with E-state index in [1.165, 1.54) is 0 Å². The molecule has 0 spiro atoms. The molecule has 76 valence electrons. The molecular formula is C13H19N. The second-order valence-electron chi connectivity index (χ2n) is 3.36. The maximum absolute atomic E-state index is 8.84. The molecule has 0 fully saturated rings. The quantitative estimate of drug-likeness (QED) is 0.654. The summed E-state index contributed by atoms with van der Waals surface area (Å²) in [5.41, 5.74) is 3.10. The summed E-state index contributed by atoms with van der Waals surface area (Å²) in [6.07, 6.45) is 0. The third-order valence-corrected chi connectivity index (χ3v) is 1.95. The van der Waals surface area contributed by atoms with E-state index in [2.05, 4.69) is 26.0 Å². The largest absolute Gasteiger partial charge is 0.192 e. The van der Waals surface area contributed by atoms with Crippen LogP contribution in [0.1, 0.15) is 50.3 Å². The molecule has 0 aliphatic rings. The standard InChI is InChI=1S/C11H13N.C2H6/c1-8(2)11-5-4-9(3)6-10(11)7-12;1-2/h4-6,8H,1-3H3;1-2H3. The van der Waals surface area contributed by atoms with Crippen molar-refractivity contribution < 1.29 is 0 Å². The molecular weight excluding hydrogens is 170 g/mol. The Morgan fingerprint density at radius 1 is 1.21 bits per heavy atom. The molecule has 1 aromatic carbocycles. The van der Waals surface area contributed by atoms with Gasteiger partial charge in [0.2, 0.25) is 0 Å². The van der Waals surface area contributed by atoms with Crippen molar-refractivity contribution in [1.82, 2.24) is 0 Å². The van der Waals surface area contributed by atoms with Crippen molar-refractivity contribution in [3.05, 3.63) is 34.9 Å². The van der Waals surface area contributed by atoms with Gasteiger partial charge in [0.25, 0.3) is 0 Å². The van der Waals surface area contributed by atoms with Crippen molar-refractivity contribution in [2.24, 2.45) is 0 Å². The Kier molecular flexibility index (Phi) is 5.64.